The fourth-order valence-electron chi connectivity index (χ4n) is 2.38. The molecular formula is C13H18N2O5S. The predicted octanol–water partition coefficient (Wildman–Crippen LogP) is 2.36. The molecule has 0 atom stereocenters. The van der Waals surface area contributed by atoms with Crippen molar-refractivity contribution in [2.45, 2.75) is 50.5 Å². The maximum absolute atomic E-state index is 12.3. The molecule has 1 saturated carbocycles. The van der Waals surface area contributed by atoms with Crippen LogP contribution in [0.4, 0.5) is 5.69 Å². The molecule has 7 nitrogen and oxygen atoms in total. The van der Waals surface area contributed by atoms with Gasteiger partial charge in [-0.15, -0.1) is 0 Å². The lowest BCUT2D eigenvalue weighted by Gasteiger charge is -2.14. The van der Waals surface area contributed by atoms with Gasteiger partial charge in [0.1, 0.15) is 0 Å². The number of hydrogen-bond donors (Lipinski definition) is 1. The molecule has 116 valence electrons. The Bertz CT molecular complexity index is 651. The topological polar surface area (TPSA) is 98.5 Å². The lowest BCUT2D eigenvalue weighted by molar-refractivity contribution is -0.385. The number of sulfonamides is 1. The van der Waals surface area contributed by atoms with Crippen LogP contribution in [0.25, 0.3) is 0 Å². The lowest BCUT2D eigenvalue weighted by Crippen LogP contribution is -2.29. The molecule has 0 amide bonds. The average Bonchev–Trinajstić information content (AvgIpc) is 2.92. The number of non-ortho nitro benzene ring substituents is 1. The minimum atomic E-state index is -3.93. The molecule has 21 heavy (non-hydrogen) atoms. The van der Waals surface area contributed by atoms with Crippen LogP contribution >= 0.6 is 0 Å². The van der Waals surface area contributed by atoms with Crippen LogP contribution in [-0.2, 0) is 14.9 Å². The van der Waals surface area contributed by atoms with Gasteiger partial charge in [-0.05, 0) is 37.8 Å². The van der Waals surface area contributed by atoms with Crippen molar-refractivity contribution in [3.8, 4) is 0 Å². The average molecular weight is 314 g/mol. The van der Waals surface area contributed by atoms with Gasteiger partial charge < -0.3 is 0 Å². The van der Waals surface area contributed by atoms with Crippen LogP contribution in [0.3, 0.4) is 0 Å². The first-order chi connectivity index (χ1) is 9.81. The Morgan fingerprint density at radius 3 is 2.48 bits per heavy atom. The molecule has 1 aromatic carbocycles. The van der Waals surface area contributed by atoms with Gasteiger partial charge in [-0.2, -0.15) is 0 Å². The summed E-state index contributed by atoms with van der Waals surface area (Å²) in [5, 5.41) is 10.9. The lowest BCUT2D eigenvalue weighted by atomic mass is 10.1. The molecule has 0 unspecified atom stereocenters. The Hall–Kier alpha value is -1.51. The zero-order valence-corrected chi connectivity index (χ0v) is 12.8. The number of aryl methyl sites for hydroxylation is 1. The standard InChI is InChI=1S/C13H18N2O5S/c1-9-7-11(15(16)17)8-13(10(9)2)21(18,19)14-20-12-5-3-4-6-12/h7-8,12,14H,3-6H2,1-2H3. The van der Waals surface area contributed by atoms with Gasteiger partial charge in [0.2, 0.25) is 0 Å². The monoisotopic (exact) mass is 314 g/mol. The van der Waals surface area contributed by atoms with Crippen molar-refractivity contribution in [3.05, 3.63) is 33.4 Å². The van der Waals surface area contributed by atoms with Crippen LogP contribution in [0.2, 0.25) is 0 Å². The van der Waals surface area contributed by atoms with Crippen molar-refractivity contribution < 1.29 is 18.2 Å². The Labute approximate surface area is 123 Å². The van der Waals surface area contributed by atoms with Crippen molar-refractivity contribution in [1.29, 1.82) is 0 Å². The molecule has 0 saturated heterocycles. The van der Waals surface area contributed by atoms with Crippen LogP contribution in [0.5, 0.6) is 0 Å². The Morgan fingerprint density at radius 1 is 1.29 bits per heavy atom. The predicted molar refractivity (Wildman–Crippen MR) is 76.2 cm³/mol. The highest BCUT2D eigenvalue weighted by molar-refractivity contribution is 7.89. The minimum Gasteiger partial charge on any atom is -0.284 e. The van der Waals surface area contributed by atoms with Gasteiger partial charge in [0.05, 0.1) is 15.9 Å². The number of benzene rings is 1. The molecule has 1 N–H and O–H groups in total. The normalized spacial score (nSPS) is 16.3. The summed E-state index contributed by atoms with van der Waals surface area (Å²) in [7, 11) is -3.93. The van der Waals surface area contributed by atoms with E-state index in [9.17, 15) is 18.5 Å². The maximum atomic E-state index is 12.3. The van der Waals surface area contributed by atoms with Crippen molar-refractivity contribution in [2.24, 2.45) is 0 Å². The van der Waals surface area contributed by atoms with E-state index in [1.54, 1.807) is 13.8 Å². The van der Waals surface area contributed by atoms with Crippen molar-refractivity contribution in [1.82, 2.24) is 4.89 Å². The molecule has 0 spiro atoms. The molecule has 0 bridgehead atoms. The van der Waals surface area contributed by atoms with E-state index in [0.29, 0.717) is 11.1 Å². The molecule has 0 aromatic heterocycles. The molecule has 8 heteroatoms. The number of rotatable bonds is 5. The van der Waals surface area contributed by atoms with Gasteiger partial charge in [-0.25, -0.2) is 8.42 Å². The Balaban J connectivity index is 2.27. The highest BCUT2D eigenvalue weighted by atomic mass is 32.2. The largest absolute Gasteiger partial charge is 0.284 e. The number of nitro benzene ring substituents is 1. The zero-order valence-electron chi connectivity index (χ0n) is 12.0. The van der Waals surface area contributed by atoms with E-state index >= 15 is 0 Å². The Kier molecular flexibility index (Phi) is 4.60. The molecule has 0 heterocycles. The molecule has 0 aliphatic heterocycles. The summed E-state index contributed by atoms with van der Waals surface area (Å²) in [5.74, 6) is 0. The quantitative estimate of drug-likeness (QED) is 0.664. The van der Waals surface area contributed by atoms with Crippen LogP contribution in [0.1, 0.15) is 36.8 Å². The van der Waals surface area contributed by atoms with E-state index in [2.05, 4.69) is 4.89 Å². The molecule has 1 aliphatic carbocycles. The van der Waals surface area contributed by atoms with E-state index < -0.39 is 14.9 Å². The first-order valence-electron chi connectivity index (χ1n) is 6.74. The summed E-state index contributed by atoms with van der Waals surface area (Å²) in [6, 6.07) is 2.41. The second-order valence-electron chi connectivity index (χ2n) is 5.25. The molecule has 2 rings (SSSR count). The summed E-state index contributed by atoms with van der Waals surface area (Å²) in [6.45, 7) is 3.25. The van der Waals surface area contributed by atoms with E-state index in [0.717, 1.165) is 31.7 Å². The number of nitrogens with one attached hydrogen (secondary N) is 1. The van der Waals surface area contributed by atoms with E-state index in [1.807, 2.05) is 0 Å². The molecule has 0 radical (unpaired) electrons. The molecule has 1 aromatic rings. The second kappa shape index (κ2) is 6.08. The SMILES string of the molecule is Cc1cc([N+](=O)[O-])cc(S(=O)(=O)NOC2CCCC2)c1C. The van der Waals surface area contributed by atoms with E-state index in [-0.39, 0.29) is 16.7 Å². The first kappa shape index (κ1) is 15.9. The van der Waals surface area contributed by atoms with Gasteiger partial charge in [0.25, 0.3) is 15.7 Å². The molecule has 1 fully saturated rings. The molecular weight excluding hydrogens is 296 g/mol. The van der Waals surface area contributed by atoms with Gasteiger partial charge >= 0.3 is 0 Å². The van der Waals surface area contributed by atoms with Gasteiger partial charge in [0.15, 0.2) is 0 Å². The third-order valence-corrected chi connectivity index (χ3v) is 5.05. The third kappa shape index (κ3) is 3.58. The van der Waals surface area contributed by atoms with E-state index in [1.165, 1.54) is 6.07 Å². The first-order valence-corrected chi connectivity index (χ1v) is 8.22. The zero-order chi connectivity index (χ0) is 15.6. The van der Waals surface area contributed by atoms with Gasteiger partial charge in [0, 0.05) is 12.1 Å². The number of nitro groups is 1. The van der Waals surface area contributed by atoms with Crippen molar-refractivity contribution in [3.63, 3.8) is 0 Å². The fourth-order valence-corrected chi connectivity index (χ4v) is 3.57. The summed E-state index contributed by atoms with van der Waals surface area (Å²) in [5.41, 5.74) is 0.771. The summed E-state index contributed by atoms with van der Waals surface area (Å²) in [6.07, 6.45) is 3.54. The minimum absolute atomic E-state index is 0.118. The van der Waals surface area contributed by atoms with Crippen molar-refractivity contribution >= 4 is 15.7 Å². The Morgan fingerprint density at radius 2 is 1.90 bits per heavy atom. The highest BCUT2D eigenvalue weighted by Gasteiger charge is 2.25. The molecule has 1 aliphatic rings. The number of hydrogen-bond acceptors (Lipinski definition) is 5. The van der Waals surface area contributed by atoms with Crippen LogP contribution in [-0.4, -0.2) is 19.4 Å². The van der Waals surface area contributed by atoms with Gasteiger partial charge in [-0.3, -0.25) is 15.0 Å². The summed E-state index contributed by atoms with van der Waals surface area (Å²) < 4.78 is 24.6. The van der Waals surface area contributed by atoms with Crippen LogP contribution < -0.4 is 4.89 Å². The second-order valence-corrected chi connectivity index (χ2v) is 6.87. The van der Waals surface area contributed by atoms with E-state index in [4.69, 9.17) is 4.84 Å². The van der Waals surface area contributed by atoms with Gasteiger partial charge in [-0.1, -0.05) is 17.7 Å². The highest BCUT2D eigenvalue weighted by Crippen LogP contribution is 2.26. The fraction of sp³-hybridized carbons (Fsp3) is 0.538. The van der Waals surface area contributed by atoms with Crippen LogP contribution in [0, 0.1) is 24.0 Å². The summed E-state index contributed by atoms with van der Waals surface area (Å²) >= 11 is 0. The summed E-state index contributed by atoms with van der Waals surface area (Å²) in [4.78, 5) is 17.5. The number of nitrogens with zero attached hydrogens (tertiary/aromatic N) is 1. The van der Waals surface area contributed by atoms with Crippen molar-refractivity contribution in [2.75, 3.05) is 0 Å². The smallest absolute Gasteiger partial charge is 0.271 e. The van der Waals surface area contributed by atoms with Crippen LogP contribution in [0.15, 0.2) is 17.0 Å². The third-order valence-electron chi connectivity index (χ3n) is 3.73. The maximum Gasteiger partial charge on any atom is 0.271 e.